The molecule has 0 aromatic heterocycles. The van der Waals surface area contributed by atoms with Gasteiger partial charge >= 0.3 is 0 Å². The summed E-state index contributed by atoms with van der Waals surface area (Å²) in [5, 5.41) is 0. The summed E-state index contributed by atoms with van der Waals surface area (Å²) in [6.07, 6.45) is 2.18. The molecule has 104 valence electrons. The fourth-order valence-corrected chi connectivity index (χ4v) is 2.94. The molecular formula is C16H23NO2. The first-order valence-corrected chi connectivity index (χ1v) is 7.07. The van der Waals surface area contributed by atoms with Crippen LogP contribution in [0.1, 0.15) is 30.6 Å². The molecule has 1 aliphatic rings. The minimum atomic E-state index is 0.665. The van der Waals surface area contributed by atoms with Crippen molar-refractivity contribution < 1.29 is 9.53 Å². The van der Waals surface area contributed by atoms with Crippen molar-refractivity contribution in [2.45, 2.75) is 20.3 Å². The Morgan fingerprint density at radius 3 is 2.74 bits per heavy atom. The minimum absolute atomic E-state index is 0.665. The summed E-state index contributed by atoms with van der Waals surface area (Å²) in [6, 6.07) is 7.32. The van der Waals surface area contributed by atoms with Gasteiger partial charge in [0.2, 0.25) is 0 Å². The Balaban J connectivity index is 1.78. The third-order valence-corrected chi connectivity index (χ3v) is 3.61. The number of aldehydes is 1. The predicted molar refractivity (Wildman–Crippen MR) is 76.7 cm³/mol. The molecule has 1 saturated heterocycles. The Bertz CT molecular complexity index is 409. The van der Waals surface area contributed by atoms with Crippen LogP contribution in [-0.2, 0) is 0 Å². The smallest absolute Gasteiger partial charge is 0.150 e. The number of hydrogen-bond acceptors (Lipinski definition) is 3. The van der Waals surface area contributed by atoms with E-state index in [4.69, 9.17) is 4.74 Å². The second-order valence-corrected chi connectivity index (χ2v) is 5.74. The van der Waals surface area contributed by atoms with E-state index in [2.05, 4.69) is 18.7 Å². The summed E-state index contributed by atoms with van der Waals surface area (Å²) in [5.41, 5.74) is 0.665. The van der Waals surface area contributed by atoms with E-state index >= 15 is 0 Å². The molecule has 0 bridgehead atoms. The number of hydrogen-bond donors (Lipinski definition) is 0. The maximum atomic E-state index is 10.7. The van der Waals surface area contributed by atoms with E-state index in [0.717, 1.165) is 30.4 Å². The Kier molecular flexibility index (Phi) is 4.97. The van der Waals surface area contributed by atoms with E-state index in [1.165, 1.54) is 19.5 Å². The van der Waals surface area contributed by atoms with E-state index in [9.17, 15) is 4.79 Å². The topological polar surface area (TPSA) is 29.5 Å². The Labute approximate surface area is 115 Å². The summed E-state index contributed by atoms with van der Waals surface area (Å²) in [7, 11) is 0. The maximum absolute atomic E-state index is 10.7. The van der Waals surface area contributed by atoms with Crippen molar-refractivity contribution in [3.05, 3.63) is 29.8 Å². The number of ether oxygens (including phenoxy) is 1. The normalized spacial score (nSPS) is 24.1. The van der Waals surface area contributed by atoms with Crippen molar-refractivity contribution in [2.24, 2.45) is 11.8 Å². The molecule has 0 radical (unpaired) electrons. The van der Waals surface area contributed by atoms with Gasteiger partial charge in [-0.3, -0.25) is 9.69 Å². The number of carbonyl (C=O) groups excluding carboxylic acids is 1. The van der Waals surface area contributed by atoms with Crippen LogP contribution in [0.15, 0.2) is 24.3 Å². The average molecular weight is 261 g/mol. The molecule has 1 heterocycles. The lowest BCUT2D eigenvalue weighted by atomic mass is 9.92. The molecular weight excluding hydrogens is 238 g/mol. The van der Waals surface area contributed by atoms with Gasteiger partial charge in [0.05, 0.1) is 0 Å². The highest BCUT2D eigenvalue weighted by molar-refractivity contribution is 5.75. The van der Waals surface area contributed by atoms with Crippen LogP contribution in [-0.4, -0.2) is 37.4 Å². The van der Waals surface area contributed by atoms with Crippen LogP contribution in [0.5, 0.6) is 5.75 Å². The zero-order chi connectivity index (χ0) is 13.7. The summed E-state index contributed by atoms with van der Waals surface area (Å²) in [5.74, 6) is 2.34. The van der Waals surface area contributed by atoms with Crippen molar-refractivity contribution in [3.8, 4) is 5.75 Å². The van der Waals surface area contributed by atoms with Gasteiger partial charge in [-0.25, -0.2) is 0 Å². The molecule has 2 atom stereocenters. The van der Waals surface area contributed by atoms with E-state index in [1.54, 1.807) is 12.1 Å². The van der Waals surface area contributed by atoms with Gasteiger partial charge in [0, 0.05) is 25.2 Å². The van der Waals surface area contributed by atoms with Crippen molar-refractivity contribution >= 4 is 6.29 Å². The molecule has 3 nitrogen and oxygen atoms in total. The summed E-state index contributed by atoms with van der Waals surface area (Å²) < 4.78 is 5.72. The van der Waals surface area contributed by atoms with Crippen LogP contribution in [0.4, 0.5) is 0 Å². The number of benzene rings is 1. The number of nitrogens with zero attached hydrogens (tertiary/aromatic N) is 1. The van der Waals surface area contributed by atoms with Gasteiger partial charge in [0.15, 0.2) is 0 Å². The van der Waals surface area contributed by atoms with Crippen molar-refractivity contribution in [1.29, 1.82) is 0 Å². The SMILES string of the molecule is C[C@@H]1C[C@H](C)CN(CCOc2cccc(C=O)c2)C1. The van der Waals surface area contributed by atoms with Gasteiger partial charge in [-0.15, -0.1) is 0 Å². The van der Waals surface area contributed by atoms with Gasteiger partial charge < -0.3 is 4.74 Å². The first-order valence-electron chi connectivity index (χ1n) is 7.07. The van der Waals surface area contributed by atoms with Crippen LogP contribution in [0.3, 0.4) is 0 Å². The molecule has 1 aromatic carbocycles. The number of carbonyl (C=O) groups is 1. The van der Waals surface area contributed by atoms with Crippen LogP contribution >= 0.6 is 0 Å². The van der Waals surface area contributed by atoms with Crippen LogP contribution < -0.4 is 4.74 Å². The molecule has 1 aliphatic heterocycles. The quantitative estimate of drug-likeness (QED) is 0.763. The van der Waals surface area contributed by atoms with Gasteiger partial charge in [-0.05, 0) is 30.4 Å². The largest absolute Gasteiger partial charge is 0.492 e. The summed E-state index contributed by atoms with van der Waals surface area (Å²) in [4.78, 5) is 13.2. The summed E-state index contributed by atoms with van der Waals surface area (Å²) in [6.45, 7) is 8.61. The molecule has 0 spiro atoms. The van der Waals surface area contributed by atoms with Crippen LogP contribution in [0.2, 0.25) is 0 Å². The molecule has 2 rings (SSSR count). The molecule has 1 fully saturated rings. The van der Waals surface area contributed by atoms with Crippen LogP contribution in [0.25, 0.3) is 0 Å². The molecule has 0 saturated carbocycles. The lowest BCUT2D eigenvalue weighted by Crippen LogP contribution is -2.40. The number of rotatable bonds is 5. The zero-order valence-electron chi connectivity index (χ0n) is 11.8. The fraction of sp³-hybridized carbons (Fsp3) is 0.562. The molecule has 19 heavy (non-hydrogen) atoms. The highest BCUT2D eigenvalue weighted by atomic mass is 16.5. The third-order valence-electron chi connectivity index (χ3n) is 3.61. The van der Waals surface area contributed by atoms with E-state index in [-0.39, 0.29) is 0 Å². The van der Waals surface area contributed by atoms with E-state index in [0.29, 0.717) is 12.2 Å². The molecule has 1 aromatic rings. The van der Waals surface area contributed by atoms with Crippen molar-refractivity contribution in [2.75, 3.05) is 26.2 Å². The maximum Gasteiger partial charge on any atom is 0.150 e. The Morgan fingerprint density at radius 1 is 1.32 bits per heavy atom. The molecule has 0 amide bonds. The second-order valence-electron chi connectivity index (χ2n) is 5.74. The molecule has 3 heteroatoms. The Morgan fingerprint density at radius 2 is 2.05 bits per heavy atom. The highest BCUT2D eigenvalue weighted by Gasteiger charge is 2.21. The first-order chi connectivity index (χ1) is 9.17. The number of piperidine rings is 1. The van der Waals surface area contributed by atoms with Crippen molar-refractivity contribution in [1.82, 2.24) is 4.90 Å². The molecule has 0 N–H and O–H groups in total. The van der Waals surface area contributed by atoms with Crippen LogP contribution in [0, 0.1) is 11.8 Å². The summed E-state index contributed by atoms with van der Waals surface area (Å²) >= 11 is 0. The van der Waals surface area contributed by atoms with Crippen molar-refractivity contribution in [3.63, 3.8) is 0 Å². The predicted octanol–water partition coefficient (Wildman–Crippen LogP) is 2.86. The third kappa shape index (κ3) is 4.35. The average Bonchev–Trinajstić information content (AvgIpc) is 2.38. The van der Waals surface area contributed by atoms with E-state index in [1.807, 2.05) is 12.1 Å². The molecule has 0 aliphatic carbocycles. The van der Waals surface area contributed by atoms with Gasteiger partial charge in [0.25, 0.3) is 0 Å². The van der Waals surface area contributed by atoms with Gasteiger partial charge in [0.1, 0.15) is 18.6 Å². The first kappa shape index (κ1) is 14.1. The highest BCUT2D eigenvalue weighted by Crippen LogP contribution is 2.20. The number of likely N-dealkylation sites (tertiary alicyclic amines) is 1. The lowest BCUT2D eigenvalue weighted by Gasteiger charge is -2.34. The zero-order valence-corrected chi connectivity index (χ0v) is 11.8. The Hall–Kier alpha value is -1.35. The minimum Gasteiger partial charge on any atom is -0.492 e. The second kappa shape index (κ2) is 6.71. The van der Waals surface area contributed by atoms with Gasteiger partial charge in [-0.1, -0.05) is 26.0 Å². The standard InChI is InChI=1S/C16H23NO2/c1-13-8-14(2)11-17(10-13)6-7-19-16-5-3-4-15(9-16)12-18/h3-5,9,12-14H,6-8,10-11H2,1-2H3/t13-,14+. The monoisotopic (exact) mass is 261 g/mol. The molecule has 0 unspecified atom stereocenters. The lowest BCUT2D eigenvalue weighted by molar-refractivity contribution is 0.112. The van der Waals surface area contributed by atoms with Gasteiger partial charge in [-0.2, -0.15) is 0 Å². The van der Waals surface area contributed by atoms with E-state index < -0.39 is 0 Å². The fourth-order valence-electron chi connectivity index (χ4n) is 2.94.